The van der Waals surface area contributed by atoms with E-state index in [-0.39, 0.29) is 6.10 Å². The molecule has 4 heteroatoms. The van der Waals surface area contributed by atoms with E-state index in [0.717, 1.165) is 17.5 Å². The summed E-state index contributed by atoms with van der Waals surface area (Å²) in [6.45, 7) is 1.43. The zero-order valence-electron chi connectivity index (χ0n) is 7.25. The predicted octanol–water partition coefficient (Wildman–Crippen LogP) is 2.26. The Balaban J connectivity index is 2.32. The molecular weight excluding hydrogens is 297 g/mol. The van der Waals surface area contributed by atoms with Gasteiger partial charge in [0.25, 0.3) is 0 Å². The van der Waals surface area contributed by atoms with Crippen LogP contribution >= 0.6 is 33.9 Å². The summed E-state index contributed by atoms with van der Waals surface area (Å²) >= 11 is 4.25. The molecule has 2 nitrogen and oxygen atoms in total. The zero-order valence-corrected chi connectivity index (χ0v) is 10.2. The van der Waals surface area contributed by atoms with Crippen molar-refractivity contribution in [1.29, 1.82) is 0 Å². The van der Waals surface area contributed by atoms with Crippen LogP contribution in [-0.4, -0.2) is 13.2 Å². The van der Waals surface area contributed by atoms with Crippen LogP contribution in [0.25, 0.3) is 0 Å². The molecule has 0 aromatic carbocycles. The minimum absolute atomic E-state index is 0.158. The maximum atomic E-state index is 5.65. The molecule has 2 heterocycles. The fourth-order valence-electron chi connectivity index (χ4n) is 1.60. The van der Waals surface area contributed by atoms with Gasteiger partial charge in [-0.25, -0.2) is 0 Å². The average molecular weight is 309 g/mol. The maximum absolute atomic E-state index is 5.65. The molecular formula is C9H12INOS. The number of fused-ring (bicyclic) bond motifs is 1. The van der Waals surface area contributed by atoms with Crippen molar-refractivity contribution in [3.63, 3.8) is 0 Å². The summed E-state index contributed by atoms with van der Waals surface area (Å²) < 4.78 is 6.68. The highest BCUT2D eigenvalue weighted by Crippen LogP contribution is 2.34. The summed E-state index contributed by atoms with van der Waals surface area (Å²) in [4.78, 5) is 2.80. The third-order valence-electron chi connectivity index (χ3n) is 2.22. The van der Waals surface area contributed by atoms with E-state index in [2.05, 4.69) is 28.7 Å². The SMILES string of the molecule is NCC1OCCc2cc(CI)sc21. The van der Waals surface area contributed by atoms with Crippen molar-refractivity contribution in [3.05, 3.63) is 21.4 Å². The van der Waals surface area contributed by atoms with Crippen LogP contribution in [0.1, 0.15) is 21.4 Å². The first-order chi connectivity index (χ1) is 6.35. The summed E-state index contributed by atoms with van der Waals surface area (Å²) in [5.41, 5.74) is 7.11. The molecule has 0 radical (unpaired) electrons. The van der Waals surface area contributed by atoms with Gasteiger partial charge in [-0.3, -0.25) is 0 Å². The molecule has 0 saturated carbocycles. The zero-order chi connectivity index (χ0) is 9.26. The second-order valence-electron chi connectivity index (χ2n) is 3.08. The summed E-state index contributed by atoms with van der Waals surface area (Å²) in [5, 5.41) is 0. The lowest BCUT2D eigenvalue weighted by Crippen LogP contribution is -2.21. The minimum atomic E-state index is 0.158. The Kier molecular flexibility index (Phi) is 3.23. The van der Waals surface area contributed by atoms with E-state index in [9.17, 15) is 0 Å². The fourth-order valence-corrected chi connectivity index (χ4v) is 3.41. The molecule has 0 fully saturated rings. The molecule has 0 spiro atoms. The molecule has 1 aliphatic heterocycles. The lowest BCUT2D eigenvalue weighted by Gasteiger charge is -2.21. The van der Waals surface area contributed by atoms with Crippen LogP contribution in [0.5, 0.6) is 0 Å². The molecule has 2 rings (SSSR count). The normalized spacial score (nSPS) is 21.5. The number of halogens is 1. The Hall–Kier alpha value is 0.350. The van der Waals surface area contributed by atoms with Gasteiger partial charge < -0.3 is 10.5 Å². The van der Waals surface area contributed by atoms with Gasteiger partial charge in [-0.1, -0.05) is 22.6 Å². The van der Waals surface area contributed by atoms with Crippen molar-refractivity contribution in [2.24, 2.45) is 5.73 Å². The first kappa shape index (κ1) is 9.89. The lowest BCUT2D eigenvalue weighted by molar-refractivity contribution is 0.0515. The topological polar surface area (TPSA) is 35.2 Å². The van der Waals surface area contributed by atoms with Crippen LogP contribution in [0.4, 0.5) is 0 Å². The molecule has 1 unspecified atom stereocenters. The van der Waals surface area contributed by atoms with Crippen molar-refractivity contribution in [2.45, 2.75) is 17.0 Å². The second kappa shape index (κ2) is 4.25. The standard InChI is InChI=1S/C9H12INOS/c10-4-7-3-6-1-2-12-8(5-11)9(6)13-7/h3,8H,1-2,4-5,11H2. The van der Waals surface area contributed by atoms with Crippen molar-refractivity contribution in [2.75, 3.05) is 13.2 Å². The van der Waals surface area contributed by atoms with Gasteiger partial charge in [0.15, 0.2) is 0 Å². The van der Waals surface area contributed by atoms with Gasteiger partial charge in [-0.05, 0) is 18.1 Å². The Morgan fingerprint density at radius 2 is 2.54 bits per heavy atom. The maximum Gasteiger partial charge on any atom is 0.104 e. The number of hydrogen-bond donors (Lipinski definition) is 1. The monoisotopic (exact) mass is 309 g/mol. The van der Waals surface area contributed by atoms with Gasteiger partial charge in [-0.2, -0.15) is 0 Å². The quantitative estimate of drug-likeness (QED) is 0.672. The number of ether oxygens (including phenoxy) is 1. The van der Waals surface area contributed by atoms with Gasteiger partial charge in [0.1, 0.15) is 6.10 Å². The summed E-state index contributed by atoms with van der Waals surface area (Å²) in [7, 11) is 0. The van der Waals surface area contributed by atoms with Gasteiger partial charge in [0, 0.05) is 20.7 Å². The van der Waals surface area contributed by atoms with Gasteiger partial charge in [-0.15, -0.1) is 11.3 Å². The van der Waals surface area contributed by atoms with Crippen LogP contribution in [-0.2, 0) is 15.6 Å². The molecule has 1 atom stereocenters. The van der Waals surface area contributed by atoms with Crippen LogP contribution in [0.3, 0.4) is 0 Å². The summed E-state index contributed by atoms with van der Waals surface area (Å²) in [6.07, 6.45) is 1.21. The molecule has 2 N–H and O–H groups in total. The molecule has 0 bridgehead atoms. The van der Waals surface area contributed by atoms with Crippen molar-refractivity contribution < 1.29 is 4.74 Å². The van der Waals surface area contributed by atoms with Gasteiger partial charge in [0.2, 0.25) is 0 Å². The molecule has 13 heavy (non-hydrogen) atoms. The highest BCUT2D eigenvalue weighted by atomic mass is 127. The number of alkyl halides is 1. The van der Waals surface area contributed by atoms with E-state index >= 15 is 0 Å². The van der Waals surface area contributed by atoms with Crippen molar-refractivity contribution in [3.8, 4) is 0 Å². The summed E-state index contributed by atoms with van der Waals surface area (Å²) in [5.74, 6) is 0. The van der Waals surface area contributed by atoms with Crippen molar-refractivity contribution >= 4 is 33.9 Å². The molecule has 72 valence electrons. The molecule has 0 amide bonds. The van der Waals surface area contributed by atoms with Crippen LogP contribution < -0.4 is 5.73 Å². The molecule has 1 aromatic rings. The predicted molar refractivity (Wildman–Crippen MR) is 63.5 cm³/mol. The number of thiophene rings is 1. The van der Waals surface area contributed by atoms with E-state index in [1.54, 1.807) is 0 Å². The van der Waals surface area contributed by atoms with Gasteiger partial charge in [0.05, 0.1) is 6.61 Å². The second-order valence-corrected chi connectivity index (χ2v) is 5.01. The highest BCUT2D eigenvalue weighted by molar-refractivity contribution is 14.1. The van der Waals surface area contributed by atoms with Crippen molar-refractivity contribution in [1.82, 2.24) is 0 Å². The molecule has 0 aliphatic carbocycles. The van der Waals surface area contributed by atoms with E-state index in [1.165, 1.54) is 15.3 Å². The van der Waals surface area contributed by atoms with Crippen LogP contribution in [0, 0.1) is 0 Å². The van der Waals surface area contributed by atoms with Crippen LogP contribution in [0.2, 0.25) is 0 Å². The first-order valence-corrected chi connectivity index (χ1v) is 6.68. The van der Waals surface area contributed by atoms with Gasteiger partial charge >= 0.3 is 0 Å². The fraction of sp³-hybridized carbons (Fsp3) is 0.556. The molecule has 1 aromatic heterocycles. The first-order valence-electron chi connectivity index (χ1n) is 4.34. The summed E-state index contributed by atoms with van der Waals surface area (Å²) in [6, 6.07) is 2.30. The van der Waals surface area contributed by atoms with E-state index in [0.29, 0.717) is 6.54 Å². The molecule has 0 saturated heterocycles. The highest BCUT2D eigenvalue weighted by Gasteiger charge is 2.22. The lowest BCUT2D eigenvalue weighted by atomic mass is 10.1. The third-order valence-corrected chi connectivity index (χ3v) is 4.83. The van der Waals surface area contributed by atoms with Crippen LogP contribution in [0.15, 0.2) is 6.07 Å². The molecule has 1 aliphatic rings. The average Bonchev–Trinajstić information content (AvgIpc) is 2.59. The Labute approximate surface area is 95.6 Å². The third kappa shape index (κ3) is 1.91. The number of nitrogens with two attached hydrogens (primary N) is 1. The number of rotatable bonds is 2. The minimum Gasteiger partial charge on any atom is -0.371 e. The number of hydrogen-bond acceptors (Lipinski definition) is 3. The van der Waals surface area contributed by atoms with E-state index in [1.807, 2.05) is 11.3 Å². The largest absolute Gasteiger partial charge is 0.371 e. The smallest absolute Gasteiger partial charge is 0.104 e. The van der Waals surface area contributed by atoms with E-state index < -0.39 is 0 Å². The van der Waals surface area contributed by atoms with E-state index in [4.69, 9.17) is 10.5 Å². The Morgan fingerprint density at radius 3 is 3.23 bits per heavy atom. The Bertz CT molecular complexity index is 300. The Morgan fingerprint density at radius 1 is 1.69 bits per heavy atom.